The van der Waals surface area contributed by atoms with Gasteiger partial charge in [-0.2, -0.15) is 0 Å². The molecule has 2 aliphatic heterocycles. The van der Waals surface area contributed by atoms with Gasteiger partial charge in [-0.3, -0.25) is 0 Å². The molecule has 0 spiro atoms. The lowest BCUT2D eigenvalue weighted by atomic mass is 9.50. The van der Waals surface area contributed by atoms with Gasteiger partial charge in [-0.15, -0.1) is 0 Å². The van der Waals surface area contributed by atoms with Gasteiger partial charge in [-0.25, -0.2) is 0 Å². The molecule has 0 amide bonds. The second-order valence-electron chi connectivity index (χ2n) is 19.7. The fourth-order valence-electron chi connectivity index (χ4n) is 11.5. The monoisotopic (exact) mass is 984 g/mol. The number of hydrogen-bond acceptors (Lipinski definition) is 6. The van der Waals surface area contributed by atoms with Crippen molar-refractivity contribution in [1.29, 1.82) is 0 Å². The average molecular weight is 985 g/mol. The molecule has 8 aromatic carbocycles. The molecule has 3 aliphatic rings. The van der Waals surface area contributed by atoms with Crippen LogP contribution in [0.15, 0.2) is 202 Å². The van der Waals surface area contributed by atoms with E-state index in [1.165, 1.54) is 20.9 Å². The van der Waals surface area contributed by atoms with Crippen molar-refractivity contribution in [3.63, 3.8) is 0 Å². The standard InChI is InChI=1S/C66H64O4S2/c1-47-29-33-51(34-30-47)71-53-37-39-55-57(45-53)65(49-21-11-9-12-22-49)56-40-38-54(72-52-35-31-48(2)32-36-52)46-58(56)66(55,50-23-13-10-14-24-50)64-61-27-20-28-62(64)70-44-18-8-4-6-16-42-68-60-26-19-25-59(63(60)65)67-41-15-5-3-7-17-43-69-61/h9-14,19-40,45-46H,3-8,15-18,41-44H2,1-2H3. The summed E-state index contributed by atoms with van der Waals surface area (Å²) in [4.78, 5) is 4.67. The molecule has 2 heterocycles. The van der Waals surface area contributed by atoms with Crippen molar-refractivity contribution >= 4 is 23.5 Å². The van der Waals surface area contributed by atoms with Crippen molar-refractivity contribution in [2.24, 2.45) is 0 Å². The average Bonchev–Trinajstić information content (AvgIpc) is 3.41. The fraction of sp³-hybridized carbons (Fsp3) is 0.273. The molecule has 2 atom stereocenters. The highest BCUT2D eigenvalue weighted by molar-refractivity contribution is 7.99. The highest BCUT2D eigenvalue weighted by Gasteiger charge is 2.57. The molecule has 4 nitrogen and oxygen atoms in total. The Morgan fingerprint density at radius 1 is 0.306 bits per heavy atom. The maximum Gasteiger partial charge on any atom is 0.127 e. The molecule has 6 heteroatoms. The number of aryl methyl sites for hydroxylation is 2. The zero-order valence-electron chi connectivity index (χ0n) is 41.7. The van der Waals surface area contributed by atoms with Crippen LogP contribution in [0.4, 0.5) is 0 Å². The van der Waals surface area contributed by atoms with Gasteiger partial charge in [0.15, 0.2) is 0 Å². The molecule has 1 aliphatic carbocycles. The lowest BCUT2D eigenvalue weighted by molar-refractivity contribution is 0.273. The van der Waals surface area contributed by atoms with Gasteiger partial charge in [-0.05, 0) is 146 Å². The van der Waals surface area contributed by atoms with Gasteiger partial charge < -0.3 is 18.9 Å². The molecular formula is C66H64O4S2. The molecule has 0 saturated heterocycles. The molecule has 2 unspecified atom stereocenters. The lowest BCUT2D eigenvalue weighted by Crippen LogP contribution is -2.46. The first-order chi connectivity index (χ1) is 35.5. The molecule has 364 valence electrons. The summed E-state index contributed by atoms with van der Waals surface area (Å²) in [5.74, 6) is 3.41. The van der Waals surface area contributed by atoms with E-state index >= 15 is 0 Å². The molecule has 72 heavy (non-hydrogen) atoms. The molecule has 0 fully saturated rings. The van der Waals surface area contributed by atoms with Crippen molar-refractivity contribution in [2.45, 2.75) is 108 Å². The Morgan fingerprint density at radius 3 is 0.972 bits per heavy atom. The molecule has 4 bridgehead atoms. The summed E-state index contributed by atoms with van der Waals surface area (Å²) in [7, 11) is 0. The van der Waals surface area contributed by atoms with E-state index < -0.39 is 10.8 Å². The van der Waals surface area contributed by atoms with Gasteiger partial charge in [0.05, 0.1) is 48.4 Å². The van der Waals surface area contributed by atoms with Crippen molar-refractivity contribution in [3.05, 3.63) is 238 Å². The van der Waals surface area contributed by atoms with E-state index in [1.807, 2.05) is 23.5 Å². The maximum atomic E-state index is 7.25. The van der Waals surface area contributed by atoms with Crippen LogP contribution in [0.1, 0.15) is 120 Å². The zero-order valence-corrected chi connectivity index (χ0v) is 43.3. The maximum absolute atomic E-state index is 7.25. The summed E-state index contributed by atoms with van der Waals surface area (Å²) in [6.07, 6.45) is 10.3. The first-order valence-electron chi connectivity index (χ1n) is 26.2. The Hall–Kier alpha value is -6.34. The van der Waals surface area contributed by atoms with E-state index in [1.54, 1.807) is 0 Å². The highest BCUT2D eigenvalue weighted by Crippen LogP contribution is 2.65. The SMILES string of the molecule is Cc1ccc(Sc2ccc3c(c2)C2(c4ccccc4)c4ccc(Sc5ccc(C)cc5)cc4C3(c3ccccc3)c3c4cccc3OCCCCCCCOc3cccc(c32)OCCCCCCCO4)cc1. The lowest BCUT2D eigenvalue weighted by Gasteiger charge is -2.51. The van der Waals surface area contributed by atoms with Gasteiger partial charge in [0.25, 0.3) is 0 Å². The molecule has 8 aromatic rings. The summed E-state index contributed by atoms with van der Waals surface area (Å²) in [6.45, 7) is 6.72. The second-order valence-corrected chi connectivity index (χ2v) is 22.0. The van der Waals surface area contributed by atoms with Crippen LogP contribution in [0.25, 0.3) is 0 Å². The molecule has 0 aromatic heterocycles. The Labute approximate surface area is 435 Å². The van der Waals surface area contributed by atoms with E-state index in [-0.39, 0.29) is 0 Å². The Morgan fingerprint density at radius 2 is 0.625 bits per heavy atom. The number of benzene rings is 8. The fourth-order valence-corrected chi connectivity index (χ4v) is 13.2. The summed E-state index contributed by atoms with van der Waals surface area (Å²) in [5.41, 5.74) is 9.57. The van der Waals surface area contributed by atoms with Crippen LogP contribution in [0.5, 0.6) is 23.0 Å². The Balaban J connectivity index is 1.35. The minimum Gasteiger partial charge on any atom is -0.493 e. The Bertz CT molecular complexity index is 2850. The number of hydrogen-bond donors (Lipinski definition) is 0. The van der Waals surface area contributed by atoms with Crippen molar-refractivity contribution in [1.82, 2.24) is 0 Å². The van der Waals surface area contributed by atoms with Crippen LogP contribution in [0.3, 0.4) is 0 Å². The Kier molecular flexibility index (Phi) is 14.5. The predicted molar refractivity (Wildman–Crippen MR) is 295 cm³/mol. The molecule has 11 rings (SSSR count). The van der Waals surface area contributed by atoms with Crippen molar-refractivity contribution in [2.75, 3.05) is 26.4 Å². The zero-order chi connectivity index (χ0) is 48.7. The summed E-state index contributed by atoms with van der Waals surface area (Å²) in [6, 6.07) is 67.8. The quantitative estimate of drug-likeness (QED) is 0.165. The summed E-state index contributed by atoms with van der Waals surface area (Å²) < 4.78 is 29.0. The second kappa shape index (κ2) is 21.8. The number of ether oxygens (including phenoxy) is 4. The molecule has 0 radical (unpaired) electrons. The normalized spacial score (nSPS) is 19.1. The van der Waals surface area contributed by atoms with E-state index in [2.05, 4.69) is 196 Å². The summed E-state index contributed by atoms with van der Waals surface area (Å²) in [5, 5.41) is 0. The first kappa shape index (κ1) is 48.0. The smallest absolute Gasteiger partial charge is 0.127 e. The van der Waals surface area contributed by atoms with Crippen LogP contribution >= 0.6 is 23.5 Å². The summed E-state index contributed by atoms with van der Waals surface area (Å²) >= 11 is 3.61. The van der Waals surface area contributed by atoms with Gasteiger partial charge >= 0.3 is 0 Å². The van der Waals surface area contributed by atoms with Gasteiger partial charge in [-0.1, -0.05) is 182 Å². The van der Waals surface area contributed by atoms with Gasteiger partial charge in [0, 0.05) is 19.6 Å². The van der Waals surface area contributed by atoms with E-state index in [0.29, 0.717) is 26.4 Å². The highest BCUT2D eigenvalue weighted by atomic mass is 32.2. The van der Waals surface area contributed by atoms with Gasteiger partial charge in [0.2, 0.25) is 0 Å². The van der Waals surface area contributed by atoms with Gasteiger partial charge in [0.1, 0.15) is 23.0 Å². The first-order valence-corrected chi connectivity index (χ1v) is 27.8. The third-order valence-corrected chi connectivity index (χ3v) is 16.9. The largest absolute Gasteiger partial charge is 0.493 e. The third-order valence-electron chi connectivity index (χ3n) is 14.9. The van der Waals surface area contributed by atoms with Crippen LogP contribution in [-0.2, 0) is 10.8 Å². The van der Waals surface area contributed by atoms with Crippen LogP contribution < -0.4 is 18.9 Å². The number of rotatable bonds is 6. The third kappa shape index (κ3) is 9.33. The van der Waals surface area contributed by atoms with Crippen LogP contribution in [-0.4, -0.2) is 26.4 Å². The van der Waals surface area contributed by atoms with E-state index in [0.717, 1.165) is 142 Å². The molecule has 0 N–H and O–H groups in total. The van der Waals surface area contributed by atoms with Crippen molar-refractivity contribution < 1.29 is 18.9 Å². The van der Waals surface area contributed by atoms with Crippen LogP contribution in [0.2, 0.25) is 0 Å². The minimum absolute atomic E-state index is 0.604. The van der Waals surface area contributed by atoms with Crippen LogP contribution in [0, 0.1) is 13.8 Å². The predicted octanol–water partition coefficient (Wildman–Crippen LogP) is 17.1. The van der Waals surface area contributed by atoms with E-state index in [9.17, 15) is 0 Å². The molecule has 0 saturated carbocycles. The van der Waals surface area contributed by atoms with Crippen molar-refractivity contribution in [3.8, 4) is 23.0 Å². The minimum atomic E-state index is -0.953. The van der Waals surface area contributed by atoms with E-state index in [4.69, 9.17) is 18.9 Å². The molecular weight excluding hydrogens is 921 g/mol. The topological polar surface area (TPSA) is 36.9 Å².